The smallest absolute Gasteiger partial charge is 0.325 e. The predicted molar refractivity (Wildman–Crippen MR) is 104 cm³/mol. The van der Waals surface area contributed by atoms with Gasteiger partial charge in [0.1, 0.15) is 5.02 Å². The highest BCUT2D eigenvalue weighted by Crippen LogP contribution is 2.41. The number of aromatic nitrogens is 2. The van der Waals surface area contributed by atoms with Gasteiger partial charge in [0.25, 0.3) is 5.56 Å². The summed E-state index contributed by atoms with van der Waals surface area (Å²) in [6.07, 6.45) is -15.7. The highest BCUT2D eigenvalue weighted by molar-refractivity contribution is 6.31. The Morgan fingerprint density at radius 2 is 1.44 bits per heavy atom. The van der Waals surface area contributed by atoms with Gasteiger partial charge in [-0.25, -0.2) is 9.55 Å². The van der Waals surface area contributed by atoms with Crippen molar-refractivity contribution in [1.82, 2.24) is 9.55 Å². The zero-order chi connectivity index (χ0) is 25.6. The highest BCUT2D eigenvalue weighted by atomic mass is 35.5. The van der Waals surface area contributed by atoms with E-state index >= 15 is 0 Å². The molecule has 0 aliphatic heterocycles. The van der Waals surface area contributed by atoms with Crippen molar-refractivity contribution in [3.63, 3.8) is 0 Å². The number of anilines is 2. The van der Waals surface area contributed by atoms with E-state index in [1.165, 1.54) is 24.3 Å². The van der Waals surface area contributed by atoms with E-state index in [4.69, 9.17) is 11.6 Å². The fourth-order valence-corrected chi connectivity index (χ4v) is 3.12. The lowest BCUT2D eigenvalue weighted by Gasteiger charge is -2.20. The molecule has 0 spiro atoms. The van der Waals surface area contributed by atoms with Crippen LogP contribution in [0.5, 0.6) is 0 Å². The summed E-state index contributed by atoms with van der Waals surface area (Å²) in [5.41, 5.74) is -7.32. The van der Waals surface area contributed by atoms with Crippen LogP contribution in [-0.2, 0) is 18.5 Å². The van der Waals surface area contributed by atoms with Crippen LogP contribution in [0, 0.1) is 6.92 Å². The highest BCUT2D eigenvalue weighted by Gasteiger charge is 2.40. The molecular formula is C20H11ClF9N3O. The monoisotopic (exact) mass is 515 g/mol. The van der Waals surface area contributed by atoms with E-state index in [1.807, 2.05) is 5.32 Å². The predicted octanol–water partition coefficient (Wildman–Crippen LogP) is 6.99. The molecule has 4 nitrogen and oxygen atoms in total. The van der Waals surface area contributed by atoms with Gasteiger partial charge in [-0.1, -0.05) is 29.3 Å². The van der Waals surface area contributed by atoms with E-state index in [0.29, 0.717) is 22.3 Å². The first-order valence-electron chi connectivity index (χ1n) is 9.02. The normalized spacial score (nSPS) is 12.7. The number of alkyl halides is 9. The van der Waals surface area contributed by atoms with Gasteiger partial charge in [-0.15, -0.1) is 0 Å². The van der Waals surface area contributed by atoms with Gasteiger partial charge >= 0.3 is 18.5 Å². The number of hydrogen-bond donors (Lipinski definition) is 1. The van der Waals surface area contributed by atoms with Crippen LogP contribution in [0.1, 0.15) is 22.4 Å². The van der Waals surface area contributed by atoms with E-state index in [2.05, 4.69) is 4.98 Å². The molecule has 0 fully saturated rings. The number of hydrogen-bond acceptors (Lipinski definition) is 3. The minimum absolute atomic E-state index is 0.110. The molecule has 182 valence electrons. The summed E-state index contributed by atoms with van der Waals surface area (Å²) in [5, 5.41) is 0.581. The van der Waals surface area contributed by atoms with E-state index in [-0.39, 0.29) is 11.8 Å². The topological polar surface area (TPSA) is 46.9 Å². The number of halogens is 10. The molecule has 0 unspecified atom stereocenters. The minimum atomic E-state index is -5.34. The summed E-state index contributed by atoms with van der Waals surface area (Å²) in [5.74, 6) is -1.05. The molecule has 0 aliphatic carbocycles. The van der Waals surface area contributed by atoms with Crippen molar-refractivity contribution in [1.29, 1.82) is 0 Å². The van der Waals surface area contributed by atoms with Crippen molar-refractivity contribution in [3.8, 4) is 5.69 Å². The Balaban J connectivity index is 2.30. The molecule has 0 atom stereocenters. The molecule has 0 aliphatic rings. The zero-order valence-electron chi connectivity index (χ0n) is 16.6. The van der Waals surface area contributed by atoms with Gasteiger partial charge in [-0.05, 0) is 37.3 Å². The van der Waals surface area contributed by atoms with Crippen LogP contribution >= 0.6 is 11.6 Å². The number of rotatable bonds is 3. The van der Waals surface area contributed by atoms with Gasteiger partial charge in [-0.3, -0.25) is 4.79 Å². The van der Waals surface area contributed by atoms with Gasteiger partial charge < -0.3 is 5.32 Å². The van der Waals surface area contributed by atoms with E-state index < -0.39 is 57.6 Å². The molecule has 3 rings (SSSR count). The third-order valence-electron chi connectivity index (χ3n) is 4.49. The summed E-state index contributed by atoms with van der Waals surface area (Å²) < 4.78 is 120. The lowest BCUT2D eigenvalue weighted by Crippen LogP contribution is -2.28. The van der Waals surface area contributed by atoms with E-state index in [9.17, 15) is 44.3 Å². The fourth-order valence-electron chi connectivity index (χ4n) is 2.89. The molecule has 2 aromatic carbocycles. The van der Waals surface area contributed by atoms with Gasteiger partial charge in [0.2, 0.25) is 5.95 Å². The molecule has 0 amide bonds. The first kappa shape index (κ1) is 25.4. The molecular weight excluding hydrogens is 505 g/mol. The number of benzene rings is 2. The summed E-state index contributed by atoms with van der Waals surface area (Å²) in [6.45, 7) is 1.65. The average molecular weight is 516 g/mol. The van der Waals surface area contributed by atoms with Gasteiger partial charge in [0, 0.05) is 0 Å². The summed E-state index contributed by atoms with van der Waals surface area (Å²) in [6, 6.07) is 5.91. The van der Waals surface area contributed by atoms with Crippen LogP contribution in [0.15, 0.2) is 47.3 Å². The Morgan fingerprint density at radius 1 is 0.853 bits per heavy atom. The van der Waals surface area contributed by atoms with Crippen LogP contribution in [0.4, 0.5) is 51.1 Å². The summed E-state index contributed by atoms with van der Waals surface area (Å²) in [4.78, 5) is 15.9. The Bertz CT molecular complexity index is 1280. The number of nitrogens with one attached hydrogen (secondary N) is 1. The standard InChI is InChI=1S/C20H11ClF9N3O/c1-9-2-5-11(6-3-9)33-16(34)14(21)15(20(28,29)30)32-17(33)31-13-7-4-10(18(22,23)24)8-12(13)19(25,26)27/h2-8H,1H3,(H,31,32). The first-order chi connectivity index (χ1) is 15.5. The molecule has 1 heterocycles. The Hall–Kier alpha value is -3.22. The Morgan fingerprint density at radius 3 is 1.94 bits per heavy atom. The second-order valence-corrected chi connectivity index (χ2v) is 7.33. The van der Waals surface area contributed by atoms with Crippen molar-refractivity contribution < 1.29 is 39.5 Å². The maximum absolute atomic E-state index is 13.5. The van der Waals surface area contributed by atoms with Crippen LogP contribution < -0.4 is 10.9 Å². The average Bonchev–Trinajstić information content (AvgIpc) is 2.69. The molecule has 34 heavy (non-hydrogen) atoms. The van der Waals surface area contributed by atoms with Gasteiger partial charge in [0.15, 0.2) is 5.69 Å². The second-order valence-electron chi connectivity index (χ2n) is 6.95. The van der Waals surface area contributed by atoms with Crippen molar-refractivity contribution in [3.05, 3.63) is 80.2 Å². The molecule has 1 N–H and O–H groups in total. The molecule has 0 saturated carbocycles. The zero-order valence-corrected chi connectivity index (χ0v) is 17.4. The molecule has 0 saturated heterocycles. The summed E-state index contributed by atoms with van der Waals surface area (Å²) in [7, 11) is 0. The van der Waals surface area contributed by atoms with Gasteiger partial charge in [0.05, 0.1) is 22.5 Å². The Labute approximate surface area is 189 Å². The molecule has 1 aromatic heterocycles. The molecule has 3 aromatic rings. The second kappa shape index (κ2) is 8.53. The van der Waals surface area contributed by atoms with Crippen molar-refractivity contribution >= 4 is 23.2 Å². The van der Waals surface area contributed by atoms with Crippen molar-refractivity contribution in [2.24, 2.45) is 0 Å². The first-order valence-corrected chi connectivity index (χ1v) is 9.40. The maximum Gasteiger partial charge on any atom is 0.435 e. The number of nitrogens with zero attached hydrogens (tertiary/aromatic N) is 2. The Kier molecular flexibility index (Phi) is 6.37. The molecule has 0 bridgehead atoms. The van der Waals surface area contributed by atoms with Crippen molar-refractivity contribution in [2.75, 3.05) is 5.32 Å². The fraction of sp³-hybridized carbons (Fsp3) is 0.200. The summed E-state index contributed by atoms with van der Waals surface area (Å²) >= 11 is 5.57. The maximum atomic E-state index is 13.5. The van der Waals surface area contributed by atoms with Crippen molar-refractivity contribution in [2.45, 2.75) is 25.5 Å². The van der Waals surface area contributed by atoms with Gasteiger partial charge in [-0.2, -0.15) is 39.5 Å². The van der Waals surface area contributed by atoms with Crippen LogP contribution in [0.2, 0.25) is 5.02 Å². The van der Waals surface area contributed by atoms with Crippen LogP contribution in [0.3, 0.4) is 0 Å². The van der Waals surface area contributed by atoms with E-state index in [1.54, 1.807) is 6.92 Å². The lowest BCUT2D eigenvalue weighted by atomic mass is 10.1. The minimum Gasteiger partial charge on any atom is -0.325 e. The SMILES string of the molecule is Cc1ccc(-n2c(Nc3ccc(C(F)(F)F)cc3C(F)(F)F)nc(C(F)(F)F)c(Cl)c2=O)cc1. The van der Waals surface area contributed by atoms with E-state index in [0.717, 1.165) is 0 Å². The molecule has 14 heteroatoms. The largest absolute Gasteiger partial charge is 0.435 e. The third kappa shape index (κ3) is 5.13. The van der Waals surface area contributed by atoms with Crippen LogP contribution in [0.25, 0.3) is 5.69 Å². The van der Waals surface area contributed by atoms with Crippen LogP contribution in [-0.4, -0.2) is 9.55 Å². The number of aryl methyl sites for hydroxylation is 1. The lowest BCUT2D eigenvalue weighted by molar-refractivity contribution is -0.143. The molecule has 0 radical (unpaired) electrons. The third-order valence-corrected chi connectivity index (χ3v) is 4.83. The quantitative estimate of drug-likeness (QED) is 0.382.